The summed E-state index contributed by atoms with van der Waals surface area (Å²) in [5.41, 5.74) is 3.35. The van der Waals surface area contributed by atoms with E-state index in [-0.39, 0.29) is 11.9 Å². The standard InChI is InChI=1S/C23H30N4O5S/c1-15(12-19-18-13-21(31-3)22(32-4)14-20(18)26-23(19)28)25-16-6-8-17(9-7-16)27(11-10-24-2)33(5,29)30/h6-9,12-15,24-25H,10-11H2,1-5H3,(H,26,28). The van der Waals surface area contributed by atoms with Crippen LogP contribution in [0.4, 0.5) is 17.1 Å². The second-order valence-electron chi connectivity index (χ2n) is 7.71. The number of likely N-dealkylation sites (N-methyl/N-ethyl adjacent to an activating group) is 1. The van der Waals surface area contributed by atoms with Gasteiger partial charge in [0.25, 0.3) is 5.91 Å². The van der Waals surface area contributed by atoms with E-state index in [9.17, 15) is 13.2 Å². The summed E-state index contributed by atoms with van der Waals surface area (Å²) in [4.78, 5) is 12.6. The highest BCUT2D eigenvalue weighted by molar-refractivity contribution is 7.92. The molecule has 9 nitrogen and oxygen atoms in total. The summed E-state index contributed by atoms with van der Waals surface area (Å²) >= 11 is 0. The van der Waals surface area contributed by atoms with E-state index in [0.29, 0.717) is 41.5 Å². The number of hydrogen-bond acceptors (Lipinski definition) is 7. The van der Waals surface area contributed by atoms with Crippen LogP contribution in [0.3, 0.4) is 0 Å². The molecule has 1 atom stereocenters. The fourth-order valence-electron chi connectivity index (χ4n) is 3.66. The van der Waals surface area contributed by atoms with Crippen LogP contribution in [0, 0.1) is 0 Å². The Morgan fingerprint density at radius 1 is 1.12 bits per heavy atom. The number of methoxy groups -OCH3 is 2. The highest BCUT2D eigenvalue weighted by Gasteiger charge is 2.27. The third kappa shape index (κ3) is 5.58. The van der Waals surface area contributed by atoms with Crippen LogP contribution < -0.4 is 29.7 Å². The molecule has 1 aliphatic rings. The van der Waals surface area contributed by atoms with Gasteiger partial charge in [0.05, 0.1) is 31.9 Å². The maximum atomic E-state index is 12.6. The molecule has 0 saturated carbocycles. The minimum atomic E-state index is -3.39. The number of anilines is 3. The number of ether oxygens (including phenoxy) is 2. The number of benzene rings is 2. The average molecular weight is 475 g/mol. The van der Waals surface area contributed by atoms with Gasteiger partial charge in [-0.1, -0.05) is 0 Å². The molecular formula is C23H30N4O5S. The molecule has 1 amide bonds. The number of amides is 1. The van der Waals surface area contributed by atoms with E-state index >= 15 is 0 Å². The van der Waals surface area contributed by atoms with E-state index in [2.05, 4.69) is 16.0 Å². The van der Waals surface area contributed by atoms with Crippen molar-refractivity contribution in [2.24, 2.45) is 0 Å². The lowest BCUT2D eigenvalue weighted by atomic mass is 10.0. The summed E-state index contributed by atoms with van der Waals surface area (Å²) in [6.07, 6.45) is 3.04. The minimum Gasteiger partial charge on any atom is -0.493 e. The first kappa shape index (κ1) is 24.4. The smallest absolute Gasteiger partial charge is 0.256 e. The average Bonchev–Trinajstić information content (AvgIpc) is 3.07. The van der Waals surface area contributed by atoms with Gasteiger partial charge in [0.2, 0.25) is 10.0 Å². The summed E-state index contributed by atoms with van der Waals surface area (Å²) < 4.78 is 36.3. The lowest BCUT2D eigenvalue weighted by Gasteiger charge is -2.23. The summed E-state index contributed by atoms with van der Waals surface area (Å²) in [5.74, 6) is 0.892. The van der Waals surface area contributed by atoms with Crippen LogP contribution in [0.2, 0.25) is 0 Å². The van der Waals surface area contributed by atoms with Crippen molar-refractivity contribution in [1.82, 2.24) is 5.32 Å². The van der Waals surface area contributed by atoms with Crippen LogP contribution in [0.15, 0.2) is 42.5 Å². The molecule has 2 aromatic carbocycles. The molecule has 3 rings (SSSR count). The minimum absolute atomic E-state index is 0.175. The first-order valence-corrected chi connectivity index (χ1v) is 12.3. The Kier molecular flexibility index (Phi) is 7.50. The van der Waals surface area contributed by atoms with Crippen LogP contribution in [-0.2, 0) is 14.8 Å². The van der Waals surface area contributed by atoms with Gasteiger partial charge in [-0.2, -0.15) is 0 Å². The lowest BCUT2D eigenvalue weighted by Crippen LogP contribution is -2.35. The molecule has 0 aliphatic carbocycles. The molecule has 0 fully saturated rings. The van der Waals surface area contributed by atoms with Gasteiger partial charge >= 0.3 is 0 Å². The quantitative estimate of drug-likeness (QED) is 0.454. The van der Waals surface area contributed by atoms with Crippen LogP contribution in [0.5, 0.6) is 11.5 Å². The van der Waals surface area contributed by atoms with Crippen molar-refractivity contribution in [1.29, 1.82) is 0 Å². The van der Waals surface area contributed by atoms with E-state index in [0.717, 1.165) is 11.3 Å². The molecule has 33 heavy (non-hydrogen) atoms. The summed E-state index contributed by atoms with van der Waals surface area (Å²) in [6.45, 7) is 2.81. The van der Waals surface area contributed by atoms with Crippen LogP contribution in [0.25, 0.3) is 5.57 Å². The predicted molar refractivity (Wildman–Crippen MR) is 132 cm³/mol. The Balaban J connectivity index is 1.79. The van der Waals surface area contributed by atoms with E-state index in [1.807, 2.05) is 25.1 Å². The normalized spacial score (nSPS) is 15.1. The van der Waals surface area contributed by atoms with Crippen molar-refractivity contribution < 1.29 is 22.7 Å². The molecule has 0 bridgehead atoms. The van der Waals surface area contributed by atoms with Gasteiger partial charge in [-0.15, -0.1) is 0 Å². The number of carbonyl (C=O) groups is 1. The van der Waals surface area contributed by atoms with E-state index < -0.39 is 10.0 Å². The number of nitrogens with one attached hydrogen (secondary N) is 3. The molecule has 1 heterocycles. The lowest BCUT2D eigenvalue weighted by molar-refractivity contribution is -0.110. The third-order valence-corrected chi connectivity index (χ3v) is 6.43. The molecular weight excluding hydrogens is 444 g/mol. The number of rotatable bonds is 10. The topological polar surface area (TPSA) is 109 Å². The zero-order valence-electron chi connectivity index (χ0n) is 19.4. The second-order valence-corrected chi connectivity index (χ2v) is 9.61. The van der Waals surface area contributed by atoms with Crippen molar-refractivity contribution in [2.75, 3.05) is 55.6 Å². The molecule has 1 aliphatic heterocycles. The molecule has 10 heteroatoms. The van der Waals surface area contributed by atoms with E-state index in [1.54, 1.807) is 45.5 Å². The van der Waals surface area contributed by atoms with E-state index in [1.165, 1.54) is 10.6 Å². The van der Waals surface area contributed by atoms with Gasteiger partial charge in [-0.3, -0.25) is 9.10 Å². The third-order valence-electron chi connectivity index (χ3n) is 5.24. The molecule has 1 unspecified atom stereocenters. The monoisotopic (exact) mass is 474 g/mol. The SMILES string of the molecule is CNCCN(c1ccc(NC(C)C=C2C(=O)Nc3cc(OC)c(OC)cc32)cc1)S(C)(=O)=O. The van der Waals surface area contributed by atoms with Crippen molar-refractivity contribution in [3.63, 3.8) is 0 Å². The first-order valence-electron chi connectivity index (χ1n) is 10.5. The van der Waals surface area contributed by atoms with Crippen molar-refractivity contribution in [3.8, 4) is 11.5 Å². The molecule has 2 aromatic rings. The number of carbonyl (C=O) groups excluding carboxylic acids is 1. The highest BCUT2D eigenvalue weighted by atomic mass is 32.2. The fourth-order valence-corrected chi connectivity index (χ4v) is 4.59. The molecule has 0 spiro atoms. The molecule has 0 radical (unpaired) electrons. The van der Waals surface area contributed by atoms with Crippen molar-refractivity contribution in [2.45, 2.75) is 13.0 Å². The zero-order valence-corrected chi connectivity index (χ0v) is 20.2. The number of fused-ring (bicyclic) bond motifs is 1. The first-order chi connectivity index (χ1) is 15.7. The molecule has 178 valence electrons. The number of nitrogens with zero attached hydrogens (tertiary/aromatic N) is 1. The van der Waals surface area contributed by atoms with Gasteiger partial charge in [0, 0.05) is 42.0 Å². The predicted octanol–water partition coefficient (Wildman–Crippen LogP) is 2.53. The van der Waals surface area contributed by atoms with Gasteiger partial charge in [-0.25, -0.2) is 8.42 Å². The van der Waals surface area contributed by atoms with Gasteiger partial charge in [-0.05, 0) is 50.4 Å². The van der Waals surface area contributed by atoms with Gasteiger partial charge in [0.1, 0.15) is 0 Å². The van der Waals surface area contributed by atoms with Crippen molar-refractivity contribution >= 4 is 38.6 Å². The number of sulfonamides is 1. The summed E-state index contributed by atoms with van der Waals surface area (Å²) in [7, 11) is 1.49. The summed E-state index contributed by atoms with van der Waals surface area (Å²) in [6, 6.07) is 10.5. The molecule has 0 aromatic heterocycles. The van der Waals surface area contributed by atoms with E-state index in [4.69, 9.17) is 9.47 Å². The Morgan fingerprint density at radius 2 is 1.76 bits per heavy atom. The van der Waals surface area contributed by atoms with Crippen LogP contribution >= 0.6 is 0 Å². The maximum Gasteiger partial charge on any atom is 0.256 e. The van der Waals surface area contributed by atoms with Crippen LogP contribution in [0.1, 0.15) is 12.5 Å². The Hall–Kier alpha value is -3.24. The van der Waals surface area contributed by atoms with Crippen LogP contribution in [-0.4, -0.2) is 61.0 Å². The molecule has 3 N–H and O–H groups in total. The molecule has 0 saturated heterocycles. The highest BCUT2D eigenvalue weighted by Crippen LogP contribution is 2.40. The largest absolute Gasteiger partial charge is 0.493 e. The van der Waals surface area contributed by atoms with Gasteiger partial charge < -0.3 is 25.4 Å². The van der Waals surface area contributed by atoms with Crippen molar-refractivity contribution in [3.05, 3.63) is 48.0 Å². The second kappa shape index (κ2) is 10.1. The Labute approximate surface area is 194 Å². The fraction of sp³-hybridized carbons (Fsp3) is 0.348. The maximum absolute atomic E-state index is 12.6. The Morgan fingerprint density at radius 3 is 2.33 bits per heavy atom. The summed E-state index contributed by atoms with van der Waals surface area (Å²) in [5, 5.41) is 9.15. The van der Waals surface area contributed by atoms with Gasteiger partial charge in [0.15, 0.2) is 11.5 Å². The Bertz CT molecular complexity index is 1150. The number of hydrogen-bond donors (Lipinski definition) is 3. The zero-order chi connectivity index (χ0) is 24.2.